The zero-order valence-electron chi connectivity index (χ0n) is 14.1. The Morgan fingerprint density at radius 2 is 1.75 bits per heavy atom. The van der Waals surface area contributed by atoms with Crippen molar-refractivity contribution in [2.75, 3.05) is 6.54 Å². The Balaban J connectivity index is 1.63. The molecule has 0 aliphatic rings. The van der Waals surface area contributed by atoms with Gasteiger partial charge in [-0.3, -0.25) is 0 Å². The summed E-state index contributed by atoms with van der Waals surface area (Å²) in [5.74, 6) is 0.837. The molecule has 5 nitrogen and oxygen atoms in total. The first kappa shape index (κ1) is 16.2. The van der Waals surface area contributed by atoms with Gasteiger partial charge in [-0.2, -0.15) is 9.90 Å². The van der Waals surface area contributed by atoms with Crippen LogP contribution in [0, 0.1) is 6.92 Å². The maximum atomic E-state index is 5.85. The molecule has 0 bridgehead atoms. The van der Waals surface area contributed by atoms with E-state index < -0.39 is 0 Å². The monoisotopic (exact) mass is 322 g/mol. The molecule has 5 heteroatoms. The third-order valence-electron chi connectivity index (χ3n) is 3.74. The van der Waals surface area contributed by atoms with Crippen LogP contribution in [0.5, 0.6) is 5.75 Å². The maximum Gasteiger partial charge on any atom is 0.134 e. The van der Waals surface area contributed by atoms with Crippen LogP contribution in [-0.4, -0.2) is 21.5 Å². The van der Waals surface area contributed by atoms with Gasteiger partial charge in [0.25, 0.3) is 0 Å². The predicted octanol–water partition coefficient (Wildman–Crippen LogP) is 3.26. The van der Waals surface area contributed by atoms with Gasteiger partial charge in [0.05, 0.1) is 11.4 Å². The molecule has 2 aromatic carbocycles. The molecule has 0 saturated carbocycles. The quantitative estimate of drug-likeness (QED) is 0.725. The van der Waals surface area contributed by atoms with Crippen LogP contribution in [0.1, 0.15) is 23.9 Å². The number of rotatable bonds is 7. The number of aromatic nitrogens is 3. The summed E-state index contributed by atoms with van der Waals surface area (Å²) in [5.41, 5.74) is 3.91. The third kappa shape index (κ3) is 4.00. The number of nitrogens with one attached hydrogen (secondary N) is 1. The first-order valence-corrected chi connectivity index (χ1v) is 8.17. The van der Waals surface area contributed by atoms with Crippen molar-refractivity contribution >= 4 is 0 Å². The molecule has 3 aromatic rings. The Morgan fingerprint density at radius 3 is 2.46 bits per heavy atom. The molecule has 0 aliphatic carbocycles. The van der Waals surface area contributed by atoms with Gasteiger partial charge in [0.15, 0.2) is 0 Å². The van der Waals surface area contributed by atoms with Crippen LogP contribution in [0.4, 0.5) is 0 Å². The van der Waals surface area contributed by atoms with Gasteiger partial charge in [-0.1, -0.05) is 37.3 Å². The van der Waals surface area contributed by atoms with Gasteiger partial charge in [0.1, 0.15) is 18.1 Å². The summed E-state index contributed by atoms with van der Waals surface area (Å²) in [5, 5.41) is 12.3. The summed E-state index contributed by atoms with van der Waals surface area (Å²) in [6, 6.07) is 18.0. The van der Waals surface area contributed by atoms with Gasteiger partial charge in [-0.15, -0.1) is 5.10 Å². The van der Waals surface area contributed by atoms with Gasteiger partial charge in [0.2, 0.25) is 0 Å². The highest BCUT2D eigenvalue weighted by Gasteiger charge is 2.09. The van der Waals surface area contributed by atoms with Crippen LogP contribution < -0.4 is 10.1 Å². The maximum absolute atomic E-state index is 5.85. The highest BCUT2D eigenvalue weighted by atomic mass is 16.5. The number of para-hydroxylation sites is 1. The Labute approximate surface area is 142 Å². The molecule has 1 N–H and O–H groups in total. The van der Waals surface area contributed by atoms with Crippen LogP contribution in [0.3, 0.4) is 0 Å². The molecule has 0 atom stereocenters. The molecule has 0 radical (unpaired) electrons. The molecule has 1 aromatic heterocycles. The van der Waals surface area contributed by atoms with E-state index in [0.717, 1.165) is 35.9 Å². The molecular weight excluding hydrogens is 300 g/mol. The van der Waals surface area contributed by atoms with Gasteiger partial charge >= 0.3 is 0 Å². The van der Waals surface area contributed by atoms with Crippen LogP contribution in [0.15, 0.2) is 54.6 Å². The van der Waals surface area contributed by atoms with Crippen molar-refractivity contribution in [2.24, 2.45) is 0 Å². The number of nitrogens with zero attached hydrogens (tertiary/aromatic N) is 3. The van der Waals surface area contributed by atoms with E-state index in [0.29, 0.717) is 6.61 Å². The molecule has 0 amide bonds. The molecule has 24 heavy (non-hydrogen) atoms. The number of ether oxygens (including phenoxy) is 1. The topological polar surface area (TPSA) is 52.0 Å². The second-order valence-corrected chi connectivity index (χ2v) is 5.57. The van der Waals surface area contributed by atoms with E-state index in [4.69, 9.17) is 4.74 Å². The molecular formula is C19H22N4O. The van der Waals surface area contributed by atoms with Crippen LogP contribution in [-0.2, 0) is 13.2 Å². The summed E-state index contributed by atoms with van der Waals surface area (Å²) in [4.78, 5) is 1.65. The van der Waals surface area contributed by atoms with E-state index in [1.165, 1.54) is 5.56 Å². The molecule has 0 fully saturated rings. The first-order chi connectivity index (χ1) is 11.8. The largest absolute Gasteiger partial charge is 0.487 e. The Kier molecular flexibility index (Phi) is 5.23. The summed E-state index contributed by atoms with van der Waals surface area (Å²) in [6.45, 7) is 6.30. The summed E-state index contributed by atoms with van der Waals surface area (Å²) >= 11 is 0. The minimum absolute atomic E-state index is 0.408. The zero-order chi connectivity index (χ0) is 16.8. The zero-order valence-corrected chi connectivity index (χ0v) is 14.1. The number of benzene rings is 2. The van der Waals surface area contributed by atoms with Crippen molar-refractivity contribution in [3.63, 3.8) is 0 Å². The van der Waals surface area contributed by atoms with Gasteiger partial charge < -0.3 is 10.1 Å². The lowest BCUT2D eigenvalue weighted by molar-refractivity contribution is 0.299. The minimum atomic E-state index is 0.408. The lowest BCUT2D eigenvalue weighted by Crippen LogP contribution is -2.11. The van der Waals surface area contributed by atoms with Crippen LogP contribution in [0.25, 0.3) is 5.69 Å². The second kappa shape index (κ2) is 7.75. The van der Waals surface area contributed by atoms with E-state index in [1.54, 1.807) is 4.80 Å². The fraction of sp³-hybridized carbons (Fsp3) is 0.263. The molecule has 0 saturated heterocycles. The molecule has 124 valence electrons. The lowest BCUT2D eigenvalue weighted by atomic mass is 10.2. The van der Waals surface area contributed by atoms with E-state index in [1.807, 2.05) is 49.4 Å². The smallest absolute Gasteiger partial charge is 0.134 e. The normalized spacial score (nSPS) is 10.8. The van der Waals surface area contributed by atoms with E-state index in [-0.39, 0.29) is 0 Å². The molecule has 0 aliphatic heterocycles. The lowest BCUT2D eigenvalue weighted by Gasteiger charge is -2.06. The summed E-state index contributed by atoms with van der Waals surface area (Å²) < 4.78 is 5.85. The van der Waals surface area contributed by atoms with Crippen LogP contribution >= 0.6 is 0 Å². The van der Waals surface area contributed by atoms with Gasteiger partial charge in [-0.05, 0) is 43.3 Å². The fourth-order valence-corrected chi connectivity index (χ4v) is 2.34. The average molecular weight is 322 g/mol. The SMILES string of the molecule is CCNCc1ccc(OCc2nn(-c3ccccc3)nc2C)cc1. The van der Waals surface area contributed by atoms with E-state index in [2.05, 4.69) is 34.6 Å². The third-order valence-corrected chi connectivity index (χ3v) is 3.74. The van der Waals surface area contributed by atoms with Crippen molar-refractivity contribution in [1.82, 2.24) is 20.3 Å². The van der Waals surface area contributed by atoms with Crippen molar-refractivity contribution in [3.8, 4) is 11.4 Å². The standard InChI is InChI=1S/C19H22N4O/c1-3-20-13-16-9-11-18(12-10-16)24-14-19-15(2)21-23(22-19)17-7-5-4-6-8-17/h4-12,20H,3,13-14H2,1-2H3. The second-order valence-electron chi connectivity index (χ2n) is 5.57. The molecule has 3 rings (SSSR count). The molecule has 0 spiro atoms. The first-order valence-electron chi connectivity index (χ1n) is 8.17. The number of hydrogen-bond donors (Lipinski definition) is 1. The Hall–Kier alpha value is -2.66. The van der Waals surface area contributed by atoms with Crippen LogP contribution in [0.2, 0.25) is 0 Å². The van der Waals surface area contributed by atoms with Crippen molar-refractivity contribution in [2.45, 2.75) is 27.0 Å². The summed E-state index contributed by atoms with van der Waals surface area (Å²) in [6.07, 6.45) is 0. The Bertz CT molecular complexity index is 766. The van der Waals surface area contributed by atoms with Crippen molar-refractivity contribution in [3.05, 3.63) is 71.5 Å². The number of aryl methyl sites for hydroxylation is 1. The summed E-state index contributed by atoms with van der Waals surface area (Å²) in [7, 11) is 0. The predicted molar refractivity (Wildman–Crippen MR) is 94.3 cm³/mol. The van der Waals surface area contributed by atoms with Gasteiger partial charge in [0, 0.05) is 6.54 Å². The molecule has 1 heterocycles. The van der Waals surface area contributed by atoms with Gasteiger partial charge in [-0.25, -0.2) is 0 Å². The fourth-order valence-electron chi connectivity index (χ4n) is 2.34. The highest BCUT2D eigenvalue weighted by molar-refractivity contribution is 5.30. The highest BCUT2D eigenvalue weighted by Crippen LogP contribution is 2.15. The molecule has 0 unspecified atom stereocenters. The van der Waals surface area contributed by atoms with E-state index in [9.17, 15) is 0 Å². The van der Waals surface area contributed by atoms with Crippen molar-refractivity contribution < 1.29 is 4.74 Å². The Morgan fingerprint density at radius 1 is 1.00 bits per heavy atom. The van der Waals surface area contributed by atoms with E-state index >= 15 is 0 Å². The van der Waals surface area contributed by atoms with Crippen molar-refractivity contribution in [1.29, 1.82) is 0 Å². The number of hydrogen-bond acceptors (Lipinski definition) is 4. The minimum Gasteiger partial charge on any atom is -0.487 e. The average Bonchev–Trinajstić information content (AvgIpc) is 3.01.